The molecule has 0 N–H and O–H groups in total. The number of anilines is 1. The van der Waals surface area contributed by atoms with Crippen LogP contribution >= 0.6 is 11.6 Å². The fourth-order valence-corrected chi connectivity index (χ4v) is 2.94. The minimum absolute atomic E-state index is 0.165. The van der Waals surface area contributed by atoms with Crippen LogP contribution in [0.5, 0.6) is 0 Å². The number of likely N-dealkylation sites (N-methyl/N-ethyl adjacent to an activating group) is 1. The molecule has 0 atom stereocenters. The molecule has 0 aromatic heterocycles. The van der Waals surface area contributed by atoms with Crippen LogP contribution in [-0.2, 0) is 10.0 Å². The molecule has 2 rings (SSSR count). The van der Waals surface area contributed by atoms with E-state index in [1.54, 1.807) is 17.0 Å². The maximum absolute atomic E-state index is 12.6. The second-order valence-electron chi connectivity index (χ2n) is 5.49. The number of amides is 1. The van der Waals surface area contributed by atoms with Gasteiger partial charge in [0, 0.05) is 33.2 Å². The van der Waals surface area contributed by atoms with Crippen molar-refractivity contribution in [2.75, 3.05) is 50.8 Å². The normalized spacial score (nSPS) is 16.6. The molecule has 1 heterocycles. The van der Waals surface area contributed by atoms with Gasteiger partial charge in [0.25, 0.3) is 5.91 Å². The van der Waals surface area contributed by atoms with Crippen LogP contribution < -0.4 is 4.31 Å². The van der Waals surface area contributed by atoms with E-state index in [2.05, 4.69) is 4.90 Å². The third kappa shape index (κ3) is 3.71. The van der Waals surface area contributed by atoms with Crippen LogP contribution in [-0.4, -0.2) is 70.7 Å². The topological polar surface area (TPSA) is 60.9 Å². The number of carbonyl (C=O) groups is 1. The van der Waals surface area contributed by atoms with Crippen LogP contribution in [0, 0.1) is 0 Å². The lowest BCUT2D eigenvalue weighted by Crippen LogP contribution is -2.47. The summed E-state index contributed by atoms with van der Waals surface area (Å²) >= 11 is 6.13. The molecule has 0 radical (unpaired) electrons. The number of hydrogen-bond donors (Lipinski definition) is 0. The lowest BCUT2D eigenvalue weighted by molar-refractivity contribution is 0.0664. The highest BCUT2D eigenvalue weighted by molar-refractivity contribution is 7.92. The SMILES string of the molecule is CN1CCN(C(=O)c2cc(N(C)S(C)(=O)=O)ccc2Cl)CC1. The number of hydrogen-bond acceptors (Lipinski definition) is 4. The summed E-state index contributed by atoms with van der Waals surface area (Å²) in [5, 5.41) is 0.328. The lowest BCUT2D eigenvalue weighted by atomic mass is 10.1. The van der Waals surface area contributed by atoms with Crippen molar-refractivity contribution in [3.63, 3.8) is 0 Å². The fourth-order valence-electron chi connectivity index (χ4n) is 2.24. The van der Waals surface area contributed by atoms with Gasteiger partial charge in [0.2, 0.25) is 10.0 Å². The number of rotatable bonds is 3. The van der Waals surface area contributed by atoms with Crippen LogP contribution in [0.3, 0.4) is 0 Å². The van der Waals surface area contributed by atoms with Gasteiger partial charge in [0.15, 0.2) is 0 Å². The zero-order valence-corrected chi connectivity index (χ0v) is 14.5. The summed E-state index contributed by atoms with van der Waals surface area (Å²) in [6.07, 6.45) is 1.11. The quantitative estimate of drug-likeness (QED) is 0.823. The molecule has 1 aliphatic heterocycles. The minimum Gasteiger partial charge on any atom is -0.336 e. The van der Waals surface area contributed by atoms with Crippen LogP contribution in [0.15, 0.2) is 18.2 Å². The molecule has 8 heteroatoms. The Morgan fingerprint density at radius 2 is 1.82 bits per heavy atom. The first-order valence-corrected chi connectivity index (χ1v) is 9.14. The van der Waals surface area contributed by atoms with Gasteiger partial charge in [0.1, 0.15) is 0 Å². The van der Waals surface area contributed by atoms with Crippen molar-refractivity contribution >= 4 is 33.2 Å². The van der Waals surface area contributed by atoms with Gasteiger partial charge in [-0.2, -0.15) is 0 Å². The largest absolute Gasteiger partial charge is 0.336 e. The smallest absolute Gasteiger partial charge is 0.255 e. The van der Waals surface area contributed by atoms with Crippen LogP contribution in [0.2, 0.25) is 5.02 Å². The number of piperazine rings is 1. The first-order valence-electron chi connectivity index (χ1n) is 6.91. The van der Waals surface area contributed by atoms with E-state index >= 15 is 0 Å². The fraction of sp³-hybridized carbons (Fsp3) is 0.500. The summed E-state index contributed by atoms with van der Waals surface area (Å²) in [5.41, 5.74) is 0.753. The highest BCUT2D eigenvalue weighted by Gasteiger charge is 2.23. The molecule has 1 amide bonds. The molecule has 0 unspecified atom stereocenters. The van der Waals surface area contributed by atoms with E-state index in [9.17, 15) is 13.2 Å². The van der Waals surface area contributed by atoms with Gasteiger partial charge in [-0.1, -0.05) is 11.6 Å². The van der Waals surface area contributed by atoms with Gasteiger partial charge in [0.05, 0.1) is 22.5 Å². The molecule has 0 spiro atoms. The molecule has 0 saturated carbocycles. The van der Waals surface area contributed by atoms with E-state index in [0.29, 0.717) is 29.4 Å². The second kappa shape index (κ2) is 6.44. The molecule has 1 aromatic carbocycles. The van der Waals surface area contributed by atoms with Gasteiger partial charge < -0.3 is 9.80 Å². The van der Waals surface area contributed by atoms with Crippen molar-refractivity contribution in [1.29, 1.82) is 0 Å². The van der Waals surface area contributed by atoms with Crippen molar-refractivity contribution in [2.45, 2.75) is 0 Å². The van der Waals surface area contributed by atoms with Gasteiger partial charge in [-0.25, -0.2) is 8.42 Å². The standard InChI is InChI=1S/C14H20ClN3O3S/c1-16-6-8-18(9-7-16)14(19)12-10-11(4-5-13(12)15)17(2)22(3,20)21/h4-5,10H,6-9H2,1-3H3. The third-order valence-corrected chi connectivity index (χ3v) is 5.37. The van der Waals surface area contributed by atoms with Crippen molar-refractivity contribution in [1.82, 2.24) is 9.80 Å². The number of benzene rings is 1. The Hall–Kier alpha value is -1.31. The van der Waals surface area contributed by atoms with Gasteiger partial charge in [-0.3, -0.25) is 9.10 Å². The van der Waals surface area contributed by atoms with E-state index in [1.807, 2.05) is 7.05 Å². The molecule has 0 bridgehead atoms. The summed E-state index contributed by atoms with van der Waals surface area (Å²) in [7, 11) is 0.0728. The number of sulfonamides is 1. The maximum atomic E-state index is 12.6. The van der Waals surface area contributed by atoms with E-state index in [-0.39, 0.29) is 5.91 Å². The van der Waals surface area contributed by atoms with Crippen LogP contribution in [0.4, 0.5) is 5.69 Å². The predicted octanol–water partition coefficient (Wildman–Crippen LogP) is 1.12. The Morgan fingerprint density at radius 1 is 1.23 bits per heavy atom. The van der Waals surface area contributed by atoms with Crippen molar-refractivity contribution in [3.8, 4) is 0 Å². The van der Waals surface area contributed by atoms with Crippen molar-refractivity contribution in [3.05, 3.63) is 28.8 Å². The van der Waals surface area contributed by atoms with E-state index in [4.69, 9.17) is 11.6 Å². The number of halogens is 1. The molecule has 1 saturated heterocycles. The van der Waals surface area contributed by atoms with Crippen LogP contribution in [0.1, 0.15) is 10.4 Å². The second-order valence-corrected chi connectivity index (χ2v) is 7.91. The Kier molecular flexibility index (Phi) is 4.99. The van der Waals surface area contributed by atoms with Gasteiger partial charge >= 0.3 is 0 Å². The van der Waals surface area contributed by atoms with Crippen molar-refractivity contribution < 1.29 is 13.2 Å². The molecule has 1 aliphatic rings. The Morgan fingerprint density at radius 3 is 2.36 bits per heavy atom. The average Bonchev–Trinajstić information content (AvgIpc) is 2.46. The zero-order valence-electron chi connectivity index (χ0n) is 12.9. The average molecular weight is 346 g/mol. The van der Waals surface area contributed by atoms with Crippen LogP contribution in [0.25, 0.3) is 0 Å². The summed E-state index contributed by atoms with van der Waals surface area (Å²) in [5.74, 6) is -0.165. The first-order chi connectivity index (χ1) is 10.2. The first kappa shape index (κ1) is 17.1. The van der Waals surface area contributed by atoms with Gasteiger partial charge in [-0.05, 0) is 25.2 Å². The highest BCUT2D eigenvalue weighted by Crippen LogP contribution is 2.25. The maximum Gasteiger partial charge on any atom is 0.255 e. The third-order valence-electron chi connectivity index (χ3n) is 3.83. The number of carbonyl (C=O) groups excluding carboxylic acids is 1. The summed E-state index contributed by atoms with van der Waals surface area (Å²) in [6.45, 7) is 2.90. The van der Waals surface area contributed by atoms with E-state index in [1.165, 1.54) is 13.1 Å². The minimum atomic E-state index is -3.38. The molecule has 122 valence electrons. The molecular formula is C14H20ClN3O3S. The molecule has 22 heavy (non-hydrogen) atoms. The monoisotopic (exact) mass is 345 g/mol. The Balaban J connectivity index is 2.29. The highest BCUT2D eigenvalue weighted by atomic mass is 35.5. The van der Waals surface area contributed by atoms with Crippen molar-refractivity contribution in [2.24, 2.45) is 0 Å². The molecular weight excluding hydrogens is 326 g/mol. The molecule has 1 fully saturated rings. The molecule has 1 aromatic rings. The number of nitrogens with zero attached hydrogens (tertiary/aromatic N) is 3. The van der Waals surface area contributed by atoms with E-state index in [0.717, 1.165) is 23.7 Å². The Labute approximate surface area is 136 Å². The molecule has 0 aliphatic carbocycles. The predicted molar refractivity (Wildman–Crippen MR) is 88.1 cm³/mol. The van der Waals surface area contributed by atoms with E-state index < -0.39 is 10.0 Å². The zero-order chi connectivity index (χ0) is 16.5. The molecule has 6 nitrogen and oxygen atoms in total. The lowest BCUT2D eigenvalue weighted by Gasteiger charge is -2.32. The summed E-state index contributed by atoms with van der Waals surface area (Å²) in [4.78, 5) is 16.5. The van der Waals surface area contributed by atoms with Gasteiger partial charge in [-0.15, -0.1) is 0 Å². The summed E-state index contributed by atoms with van der Waals surface area (Å²) in [6, 6.07) is 4.68. The summed E-state index contributed by atoms with van der Waals surface area (Å²) < 4.78 is 24.4. The Bertz CT molecular complexity index is 670.